The number of rotatable bonds is 2. The number of hydrogen-bond donors (Lipinski definition) is 1. The second-order valence-electron chi connectivity index (χ2n) is 6.05. The van der Waals surface area contributed by atoms with Gasteiger partial charge in [-0.2, -0.15) is 0 Å². The van der Waals surface area contributed by atoms with Crippen molar-refractivity contribution in [3.63, 3.8) is 0 Å². The summed E-state index contributed by atoms with van der Waals surface area (Å²) in [6.07, 6.45) is 0. The summed E-state index contributed by atoms with van der Waals surface area (Å²) in [5.74, 6) is 0.440. The molecule has 2 nitrogen and oxygen atoms in total. The average molecular weight is 306 g/mol. The van der Waals surface area contributed by atoms with Crippen molar-refractivity contribution in [1.29, 1.82) is 0 Å². The number of halogens is 2. The van der Waals surface area contributed by atoms with Crippen LogP contribution in [-0.4, -0.2) is 6.61 Å². The van der Waals surface area contributed by atoms with Crippen LogP contribution in [0, 0.1) is 5.82 Å². The van der Waals surface area contributed by atoms with Gasteiger partial charge >= 0.3 is 0 Å². The van der Waals surface area contributed by atoms with Gasteiger partial charge in [0.25, 0.3) is 0 Å². The van der Waals surface area contributed by atoms with Crippen LogP contribution in [0.25, 0.3) is 0 Å². The van der Waals surface area contributed by atoms with E-state index in [1.54, 1.807) is 12.1 Å². The second-order valence-corrected chi connectivity index (χ2v) is 6.43. The highest BCUT2D eigenvalue weighted by molar-refractivity contribution is 6.31. The molecule has 0 spiro atoms. The molecule has 21 heavy (non-hydrogen) atoms. The van der Waals surface area contributed by atoms with E-state index in [4.69, 9.17) is 22.1 Å². The molecular weight excluding hydrogens is 289 g/mol. The van der Waals surface area contributed by atoms with E-state index >= 15 is 0 Å². The van der Waals surface area contributed by atoms with E-state index in [1.807, 2.05) is 18.2 Å². The van der Waals surface area contributed by atoms with Crippen molar-refractivity contribution in [2.45, 2.75) is 25.3 Å². The van der Waals surface area contributed by atoms with Gasteiger partial charge in [0.1, 0.15) is 11.6 Å². The highest BCUT2D eigenvalue weighted by atomic mass is 35.5. The summed E-state index contributed by atoms with van der Waals surface area (Å²) < 4.78 is 19.3. The van der Waals surface area contributed by atoms with Crippen LogP contribution in [0.15, 0.2) is 36.4 Å². The first-order valence-corrected chi connectivity index (χ1v) is 7.25. The van der Waals surface area contributed by atoms with Crippen molar-refractivity contribution < 1.29 is 9.13 Å². The van der Waals surface area contributed by atoms with Crippen LogP contribution in [-0.2, 0) is 5.41 Å². The molecule has 1 aliphatic heterocycles. The molecule has 2 N–H and O–H groups in total. The molecule has 3 rings (SSSR count). The Kier molecular flexibility index (Phi) is 3.42. The summed E-state index contributed by atoms with van der Waals surface area (Å²) in [6, 6.07) is 10.1. The van der Waals surface area contributed by atoms with Crippen LogP contribution in [0.1, 0.15) is 36.6 Å². The third kappa shape index (κ3) is 2.41. The molecule has 0 aromatic heterocycles. The maximum absolute atomic E-state index is 13.6. The smallest absolute Gasteiger partial charge is 0.142 e. The molecule has 1 heterocycles. The molecule has 1 unspecified atom stereocenters. The zero-order valence-electron chi connectivity index (χ0n) is 12.0. The Hall–Kier alpha value is -1.58. The lowest BCUT2D eigenvalue weighted by molar-refractivity contribution is 0.291. The van der Waals surface area contributed by atoms with E-state index in [-0.39, 0.29) is 10.4 Å². The average Bonchev–Trinajstić information content (AvgIpc) is 2.76. The summed E-state index contributed by atoms with van der Waals surface area (Å²) in [4.78, 5) is 0. The topological polar surface area (TPSA) is 35.2 Å². The highest BCUT2D eigenvalue weighted by Crippen LogP contribution is 2.40. The van der Waals surface area contributed by atoms with Gasteiger partial charge in [0, 0.05) is 11.0 Å². The van der Waals surface area contributed by atoms with E-state index in [9.17, 15) is 4.39 Å². The van der Waals surface area contributed by atoms with Gasteiger partial charge < -0.3 is 10.5 Å². The Morgan fingerprint density at radius 3 is 2.81 bits per heavy atom. The van der Waals surface area contributed by atoms with Gasteiger partial charge in [-0.05, 0) is 29.3 Å². The van der Waals surface area contributed by atoms with Crippen molar-refractivity contribution in [3.8, 4) is 5.75 Å². The summed E-state index contributed by atoms with van der Waals surface area (Å²) in [7, 11) is 0. The van der Waals surface area contributed by atoms with Crippen LogP contribution in [0.3, 0.4) is 0 Å². The molecule has 0 fully saturated rings. The number of fused-ring (bicyclic) bond motifs is 1. The highest BCUT2D eigenvalue weighted by Gasteiger charge is 2.32. The molecule has 1 aliphatic rings. The molecule has 1 atom stereocenters. The van der Waals surface area contributed by atoms with Crippen molar-refractivity contribution in [2.24, 2.45) is 5.73 Å². The SMILES string of the molecule is CC1(C)COc2ccc(C(N)c3cccc(F)c3Cl)cc21. The van der Waals surface area contributed by atoms with E-state index in [2.05, 4.69) is 13.8 Å². The Balaban J connectivity index is 2.03. The lowest BCUT2D eigenvalue weighted by Gasteiger charge is -2.19. The van der Waals surface area contributed by atoms with Crippen molar-refractivity contribution in [3.05, 3.63) is 63.9 Å². The number of nitrogens with two attached hydrogens (primary N) is 1. The summed E-state index contributed by atoms with van der Waals surface area (Å²) in [5.41, 5.74) is 8.85. The van der Waals surface area contributed by atoms with E-state index in [0.717, 1.165) is 16.9 Å². The Labute approximate surface area is 128 Å². The van der Waals surface area contributed by atoms with Gasteiger partial charge in [0.05, 0.1) is 17.7 Å². The number of hydrogen-bond acceptors (Lipinski definition) is 2. The van der Waals surface area contributed by atoms with Crippen LogP contribution in [0.4, 0.5) is 4.39 Å². The van der Waals surface area contributed by atoms with E-state index < -0.39 is 11.9 Å². The first-order chi connectivity index (χ1) is 9.90. The molecule has 0 radical (unpaired) electrons. The van der Waals surface area contributed by atoms with Gasteiger partial charge in [-0.25, -0.2) is 4.39 Å². The molecule has 0 aliphatic carbocycles. The zero-order chi connectivity index (χ0) is 15.2. The molecule has 0 saturated carbocycles. The largest absolute Gasteiger partial charge is 0.492 e. The minimum atomic E-state index is -0.463. The fourth-order valence-corrected chi connectivity index (χ4v) is 2.92. The zero-order valence-corrected chi connectivity index (χ0v) is 12.7. The van der Waals surface area contributed by atoms with Gasteiger partial charge in [0.15, 0.2) is 0 Å². The lowest BCUT2D eigenvalue weighted by atomic mass is 9.85. The molecule has 0 amide bonds. The molecule has 2 aromatic rings. The van der Waals surface area contributed by atoms with Crippen LogP contribution in [0.5, 0.6) is 5.75 Å². The standard InChI is InChI=1S/C17H17ClFNO/c1-17(2)9-21-14-7-6-10(8-12(14)17)16(20)11-4-3-5-13(19)15(11)18/h3-8,16H,9,20H2,1-2H3. The van der Waals surface area contributed by atoms with Crippen molar-refractivity contribution >= 4 is 11.6 Å². The van der Waals surface area contributed by atoms with Gasteiger partial charge in [-0.15, -0.1) is 0 Å². The van der Waals surface area contributed by atoms with E-state index in [0.29, 0.717) is 12.2 Å². The van der Waals surface area contributed by atoms with E-state index in [1.165, 1.54) is 6.07 Å². The summed E-state index contributed by atoms with van der Waals surface area (Å²) in [6.45, 7) is 4.91. The summed E-state index contributed by atoms with van der Waals surface area (Å²) in [5, 5.41) is 0.0843. The molecule has 4 heteroatoms. The first kappa shape index (κ1) is 14.4. The van der Waals surface area contributed by atoms with Gasteiger partial charge in [-0.1, -0.05) is 43.6 Å². The van der Waals surface area contributed by atoms with Crippen molar-refractivity contribution in [1.82, 2.24) is 0 Å². The fourth-order valence-electron chi connectivity index (χ4n) is 2.67. The Morgan fingerprint density at radius 2 is 2.05 bits per heavy atom. The fraction of sp³-hybridized carbons (Fsp3) is 0.294. The normalized spacial score (nSPS) is 17.2. The van der Waals surface area contributed by atoms with Crippen LogP contribution < -0.4 is 10.5 Å². The second kappa shape index (κ2) is 5.00. The summed E-state index contributed by atoms with van der Waals surface area (Å²) >= 11 is 6.03. The van der Waals surface area contributed by atoms with Crippen LogP contribution in [0.2, 0.25) is 5.02 Å². The Morgan fingerprint density at radius 1 is 1.29 bits per heavy atom. The maximum Gasteiger partial charge on any atom is 0.142 e. The molecular formula is C17H17ClFNO. The quantitative estimate of drug-likeness (QED) is 0.902. The predicted molar refractivity (Wildman–Crippen MR) is 82.4 cm³/mol. The third-order valence-electron chi connectivity index (χ3n) is 4.00. The van der Waals surface area contributed by atoms with Gasteiger partial charge in [0.2, 0.25) is 0 Å². The lowest BCUT2D eigenvalue weighted by Crippen LogP contribution is -2.19. The molecule has 110 valence electrons. The molecule has 0 bridgehead atoms. The minimum Gasteiger partial charge on any atom is -0.492 e. The third-order valence-corrected chi connectivity index (χ3v) is 4.40. The number of benzene rings is 2. The monoisotopic (exact) mass is 305 g/mol. The van der Waals surface area contributed by atoms with Gasteiger partial charge in [-0.3, -0.25) is 0 Å². The predicted octanol–water partition coefficient (Wildman–Crippen LogP) is 4.20. The number of ether oxygens (including phenoxy) is 1. The first-order valence-electron chi connectivity index (χ1n) is 6.87. The van der Waals surface area contributed by atoms with Crippen LogP contribution >= 0.6 is 11.6 Å². The molecule has 2 aromatic carbocycles. The minimum absolute atomic E-state index is 0.0448. The molecule has 0 saturated heterocycles. The maximum atomic E-state index is 13.6. The van der Waals surface area contributed by atoms with Crippen molar-refractivity contribution in [2.75, 3.05) is 6.61 Å². The Bertz CT molecular complexity index is 699.